The predicted molar refractivity (Wildman–Crippen MR) is 72.6 cm³/mol. The molecule has 1 aromatic carbocycles. The molecule has 0 saturated carbocycles. The van der Waals surface area contributed by atoms with Gasteiger partial charge in [-0.3, -0.25) is 0 Å². The lowest BCUT2D eigenvalue weighted by atomic mass is 10.1. The lowest BCUT2D eigenvalue weighted by molar-refractivity contribution is -0.137. The number of aliphatic hydroxyl groups is 1. The number of hydrogen-bond donors (Lipinski definition) is 1. The molecule has 2 aromatic rings. The summed E-state index contributed by atoms with van der Waals surface area (Å²) in [6, 6.07) is 5.03. The molecule has 0 saturated heterocycles. The van der Waals surface area contributed by atoms with Crippen molar-refractivity contribution >= 4 is 11.3 Å². The van der Waals surface area contributed by atoms with Crippen molar-refractivity contribution < 1.29 is 18.3 Å². The lowest BCUT2D eigenvalue weighted by Crippen LogP contribution is -2.03. The van der Waals surface area contributed by atoms with Crippen molar-refractivity contribution in [2.45, 2.75) is 25.4 Å². The third-order valence-electron chi connectivity index (χ3n) is 2.84. The Morgan fingerprint density at radius 1 is 1.10 bits per heavy atom. The van der Waals surface area contributed by atoms with Gasteiger partial charge in [0.2, 0.25) is 0 Å². The van der Waals surface area contributed by atoms with E-state index >= 15 is 0 Å². The summed E-state index contributed by atoms with van der Waals surface area (Å²) in [5, 5.41) is 9.44. The van der Waals surface area contributed by atoms with Crippen LogP contribution in [-0.4, -0.2) is 16.7 Å². The second kappa shape index (κ2) is 6.37. The Bertz CT molecular complexity index is 548. The summed E-state index contributed by atoms with van der Waals surface area (Å²) in [4.78, 5) is 5.31. The summed E-state index contributed by atoms with van der Waals surface area (Å²) in [5.41, 5.74) is 0.0392. The van der Waals surface area contributed by atoms with Crippen LogP contribution in [0.4, 0.5) is 13.2 Å². The molecule has 6 heteroatoms. The van der Waals surface area contributed by atoms with Crippen molar-refractivity contribution in [1.82, 2.24) is 4.98 Å². The van der Waals surface area contributed by atoms with Crippen molar-refractivity contribution in [3.63, 3.8) is 0 Å². The Morgan fingerprint density at radius 2 is 1.80 bits per heavy atom. The first-order valence-corrected chi connectivity index (χ1v) is 7.05. The number of aliphatic hydroxyl groups excluding tert-OH is 1. The first kappa shape index (κ1) is 15.0. The van der Waals surface area contributed by atoms with E-state index in [1.54, 1.807) is 6.20 Å². The number of benzene rings is 1. The smallest absolute Gasteiger partial charge is 0.396 e. The zero-order valence-electron chi connectivity index (χ0n) is 10.7. The third-order valence-corrected chi connectivity index (χ3v) is 3.95. The molecule has 0 radical (unpaired) electrons. The average molecular weight is 301 g/mol. The van der Waals surface area contributed by atoms with Gasteiger partial charge < -0.3 is 5.11 Å². The molecule has 1 aromatic heterocycles. The molecule has 0 amide bonds. The second-order valence-corrected chi connectivity index (χ2v) is 5.50. The Balaban J connectivity index is 2.08. The van der Waals surface area contributed by atoms with Crippen molar-refractivity contribution in [2.75, 3.05) is 6.61 Å². The number of thiazole rings is 1. The van der Waals surface area contributed by atoms with Crippen molar-refractivity contribution in [3.8, 4) is 10.6 Å². The van der Waals surface area contributed by atoms with E-state index in [0.29, 0.717) is 5.56 Å². The first-order chi connectivity index (χ1) is 9.50. The number of aryl methyl sites for hydroxylation is 1. The SMILES string of the molecule is OCCCCc1cnc(-c2ccc(C(F)(F)F)cc2)s1. The molecule has 0 fully saturated rings. The molecule has 0 spiro atoms. The Morgan fingerprint density at radius 3 is 2.40 bits per heavy atom. The Hall–Kier alpha value is -1.40. The lowest BCUT2D eigenvalue weighted by Gasteiger charge is -2.06. The highest BCUT2D eigenvalue weighted by atomic mass is 32.1. The summed E-state index contributed by atoms with van der Waals surface area (Å²) in [6.45, 7) is 0.171. The van der Waals surface area contributed by atoms with Gasteiger partial charge in [0.05, 0.1) is 5.56 Å². The van der Waals surface area contributed by atoms with Gasteiger partial charge >= 0.3 is 6.18 Å². The zero-order valence-corrected chi connectivity index (χ0v) is 11.5. The van der Waals surface area contributed by atoms with Crippen LogP contribution in [0.15, 0.2) is 30.5 Å². The molecular formula is C14H14F3NOS. The van der Waals surface area contributed by atoms with E-state index in [2.05, 4.69) is 4.98 Å². The fraction of sp³-hybridized carbons (Fsp3) is 0.357. The van der Waals surface area contributed by atoms with E-state index in [9.17, 15) is 13.2 Å². The minimum atomic E-state index is -4.31. The number of rotatable bonds is 5. The molecule has 2 rings (SSSR count). The van der Waals surface area contributed by atoms with Crippen LogP contribution in [-0.2, 0) is 12.6 Å². The summed E-state index contributed by atoms with van der Waals surface area (Å²) >= 11 is 1.48. The van der Waals surface area contributed by atoms with E-state index in [-0.39, 0.29) is 6.61 Å². The molecule has 1 heterocycles. The second-order valence-electron chi connectivity index (χ2n) is 4.39. The van der Waals surface area contributed by atoms with Crippen LogP contribution < -0.4 is 0 Å². The van der Waals surface area contributed by atoms with Crippen LogP contribution in [0.25, 0.3) is 10.6 Å². The van der Waals surface area contributed by atoms with Gasteiger partial charge in [0.15, 0.2) is 0 Å². The molecule has 0 aliphatic rings. The maximum absolute atomic E-state index is 12.5. The van der Waals surface area contributed by atoms with Crippen LogP contribution in [0.1, 0.15) is 23.3 Å². The quantitative estimate of drug-likeness (QED) is 0.842. The number of unbranched alkanes of at least 4 members (excludes halogenated alkanes) is 1. The van der Waals surface area contributed by atoms with E-state index in [1.165, 1.54) is 23.5 Å². The van der Waals surface area contributed by atoms with E-state index in [0.717, 1.165) is 41.3 Å². The number of alkyl halides is 3. The van der Waals surface area contributed by atoms with Crippen LogP contribution in [0, 0.1) is 0 Å². The van der Waals surface area contributed by atoms with Crippen LogP contribution in [0.3, 0.4) is 0 Å². The number of hydrogen-bond acceptors (Lipinski definition) is 3. The molecule has 108 valence electrons. The standard InChI is InChI=1S/C14H14F3NOS/c15-14(16,17)11-6-4-10(5-7-11)13-18-9-12(20-13)3-1-2-8-19/h4-7,9,19H,1-3,8H2. The van der Waals surface area contributed by atoms with E-state index in [4.69, 9.17) is 5.11 Å². The topological polar surface area (TPSA) is 33.1 Å². The largest absolute Gasteiger partial charge is 0.416 e. The van der Waals surface area contributed by atoms with Gasteiger partial charge in [-0.15, -0.1) is 11.3 Å². The molecule has 0 bridgehead atoms. The highest BCUT2D eigenvalue weighted by molar-refractivity contribution is 7.15. The molecule has 0 unspecified atom stereocenters. The van der Waals surface area contributed by atoms with Gasteiger partial charge in [-0.05, 0) is 31.4 Å². The monoisotopic (exact) mass is 301 g/mol. The predicted octanol–water partition coefficient (Wildman–Crippen LogP) is 4.14. The minimum absolute atomic E-state index is 0.171. The van der Waals surface area contributed by atoms with Crippen LogP contribution in [0.2, 0.25) is 0 Å². The highest BCUT2D eigenvalue weighted by Gasteiger charge is 2.30. The number of nitrogens with zero attached hydrogens (tertiary/aromatic N) is 1. The van der Waals surface area contributed by atoms with E-state index in [1.807, 2.05) is 0 Å². The summed E-state index contributed by atoms with van der Waals surface area (Å²) in [5.74, 6) is 0. The fourth-order valence-electron chi connectivity index (χ4n) is 1.77. The van der Waals surface area contributed by atoms with Gasteiger partial charge in [0, 0.05) is 23.2 Å². The third kappa shape index (κ3) is 3.80. The zero-order chi connectivity index (χ0) is 14.6. The Labute approximate surface area is 118 Å². The van der Waals surface area contributed by atoms with Gasteiger partial charge in [-0.1, -0.05) is 12.1 Å². The molecule has 1 N–H and O–H groups in total. The molecule has 2 nitrogen and oxygen atoms in total. The summed E-state index contributed by atoms with van der Waals surface area (Å²) < 4.78 is 37.4. The highest BCUT2D eigenvalue weighted by Crippen LogP contribution is 2.32. The maximum atomic E-state index is 12.5. The van der Waals surface area contributed by atoms with Crippen LogP contribution >= 0.6 is 11.3 Å². The minimum Gasteiger partial charge on any atom is -0.396 e. The van der Waals surface area contributed by atoms with Gasteiger partial charge in [-0.25, -0.2) is 4.98 Å². The summed E-state index contributed by atoms with van der Waals surface area (Å²) in [6.07, 6.45) is -0.108. The van der Waals surface area contributed by atoms with Crippen LogP contribution in [0.5, 0.6) is 0 Å². The molecule has 0 aliphatic carbocycles. The summed E-state index contributed by atoms with van der Waals surface area (Å²) in [7, 11) is 0. The average Bonchev–Trinajstić information content (AvgIpc) is 2.87. The van der Waals surface area contributed by atoms with Crippen molar-refractivity contribution in [2.24, 2.45) is 0 Å². The number of aromatic nitrogens is 1. The number of halogens is 3. The Kier molecular flexibility index (Phi) is 4.77. The molecule has 0 aliphatic heterocycles. The van der Waals surface area contributed by atoms with Gasteiger partial charge in [-0.2, -0.15) is 13.2 Å². The molecule has 0 atom stereocenters. The van der Waals surface area contributed by atoms with E-state index < -0.39 is 11.7 Å². The van der Waals surface area contributed by atoms with Crippen molar-refractivity contribution in [1.29, 1.82) is 0 Å². The first-order valence-electron chi connectivity index (χ1n) is 6.24. The maximum Gasteiger partial charge on any atom is 0.416 e. The van der Waals surface area contributed by atoms with Crippen molar-refractivity contribution in [3.05, 3.63) is 40.9 Å². The van der Waals surface area contributed by atoms with Gasteiger partial charge in [0.25, 0.3) is 0 Å². The van der Waals surface area contributed by atoms with Gasteiger partial charge in [0.1, 0.15) is 5.01 Å². The normalized spacial score (nSPS) is 11.8. The molecular weight excluding hydrogens is 287 g/mol. The fourth-order valence-corrected chi connectivity index (χ4v) is 2.73. The molecule has 20 heavy (non-hydrogen) atoms.